The normalized spacial score (nSPS) is 12.8. The maximum absolute atomic E-state index is 12.3. The Morgan fingerprint density at radius 2 is 2.21 bits per heavy atom. The summed E-state index contributed by atoms with van der Waals surface area (Å²) in [5, 5.41) is 3.95. The van der Waals surface area contributed by atoms with Crippen molar-refractivity contribution in [2.24, 2.45) is 0 Å². The monoisotopic (exact) mass is 325 g/mol. The lowest BCUT2D eigenvalue weighted by atomic mass is 10.1. The van der Waals surface area contributed by atoms with Gasteiger partial charge in [0, 0.05) is 30.9 Å². The molecule has 0 saturated carbocycles. The van der Waals surface area contributed by atoms with Crippen molar-refractivity contribution >= 4 is 23.2 Å². The number of carbonyl (C=O) groups is 2. The quantitative estimate of drug-likeness (QED) is 0.811. The molecule has 0 unspecified atom stereocenters. The fourth-order valence-electron chi connectivity index (χ4n) is 2.94. The molecule has 1 aromatic carbocycles. The second-order valence-corrected chi connectivity index (χ2v) is 5.79. The zero-order valence-corrected chi connectivity index (χ0v) is 13.8. The molecule has 0 spiro atoms. The van der Waals surface area contributed by atoms with Crippen LogP contribution in [0.2, 0.25) is 0 Å². The second-order valence-electron chi connectivity index (χ2n) is 5.79. The van der Waals surface area contributed by atoms with Crippen LogP contribution in [0, 0.1) is 6.92 Å². The van der Waals surface area contributed by atoms with Gasteiger partial charge >= 0.3 is 0 Å². The first-order valence-corrected chi connectivity index (χ1v) is 7.76. The number of aromatic nitrogens is 1. The second kappa shape index (κ2) is 6.31. The molecule has 0 N–H and O–H groups in total. The Kier molecular flexibility index (Phi) is 4.20. The average Bonchev–Trinajstić information content (AvgIpc) is 3.17. The van der Waals surface area contributed by atoms with Crippen LogP contribution in [0.3, 0.4) is 0 Å². The minimum Gasteiger partial charge on any atom is -0.361 e. The lowest BCUT2D eigenvalue weighted by molar-refractivity contribution is -0.116. The molecular weight excluding hydrogens is 306 g/mol. The van der Waals surface area contributed by atoms with Crippen LogP contribution in [0.15, 0.2) is 41.4 Å². The van der Waals surface area contributed by atoms with Gasteiger partial charge in [0.05, 0.1) is 6.54 Å². The molecule has 1 aromatic heterocycles. The number of aryl methyl sites for hydroxylation is 1. The van der Waals surface area contributed by atoms with Crippen LogP contribution in [0.1, 0.15) is 23.9 Å². The fraction of sp³-hybridized carbons (Fsp3) is 0.278. The van der Waals surface area contributed by atoms with Gasteiger partial charge in [-0.3, -0.25) is 9.59 Å². The number of hydrogen-bond acceptors (Lipinski definition) is 4. The van der Waals surface area contributed by atoms with E-state index >= 15 is 0 Å². The van der Waals surface area contributed by atoms with Crippen molar-refractivity contribution in [3.8, 4) is 0 Å². The first kappa shape index (κ1) is 16.0. The molecule has 2 aromatic rings. The van der Waals surface area contributed by atoms with Crippen LogP contribution in [-0.4, -0.2) is 23.5 Å². The van der Waals surface area contributed by atoms with E-state index in [4.69, 9.17) is 4.52 Å². The Labute approximate surface area is 140 Å². The summed E-state index contributed by atoms with van der Waals surface area (Å²) in [4.78, 5) is 27.3. The minimum atomic E-state index is -0.211. The summed E-state index contributed by atoms with van der Waals surface area (Å²) in [7, 11) is 0. The van der Waals surface area contributed by atoms with Gasteiger partial charge in [-0.15, -0.1) is 0 Å². The number of fused-ring (bicyclic) bond motifs is 1. The predicted molar refractivity (Wildman–Crippen MR) is 90.8 cm³/mol. The van der Waals surface area contributed by atoms with Gasteiger partial charge in [-0.2, -0.15) is 0 Å². The van der Waals surface area contributed by atoms with E-state index in [9.17, 15) is 9.59 Å². The van der Waals surface area contributed by atoms with E-state index in [1.54, 1.807) is 22.8 Å². The maximum Gasteiger partial charge on any atom is 0.250 e. The van der Waals surface area contributed by atoms with Crippen molar-refractivity contribution in [1.29, 1.82) is 0 Å². The van der Waals surface area contributed by atoms with Gasteiger partial charge in [-0.05, 0) is 43.2 Å². The molecule has 0 atom stereocenters. The van der Waals surface area contributed by atoms with Crippen LogP contribution in [0.4, 0.5) is 11.4 Å². The standard InChI is InChI=1S/C18H19N3O3/c1-4-18(23)21(11-15-9-12(2)24-19-15)16-5-6-17-14(10-16)7-8-20(17)13(3)22/h4-6,9-10H,1,7-8,11H2,2-3H3. The third-order valence-corrected chi connectivity index (χ3v) is 4.09. The fourth-order valence-corrected chi connectivity index (χ4v) is 2.94. The molecule has 0 aliphatic carbocycles. The maximum atomic E-state index is 12.3. The Morgan fingerprint density at radius 3 is 2.83 bits per heavy atom. The third kappa shape index (κ3) is 2.95. The third-order valence-electron chi connectivity index (χ3n) is 4.09. The van der Waals surface area contributed by atoms with Crippen molar-refractivity contribution in [3.05, 3.63) is 53.9 Å². The smallest absolute Gasteiger partial charge is 0.250 e. The first-order valence-electron chi connectivity index (χ1n) is 7.76. The molecule has 24 heavy (non-hydrogen) atoms. The number of rotatable bonds is 4. The number of nitrogens with zero attached hydrogens (tertiary/aromatic N) is 3. The summed E-state index contributed by atoms with van der Waals surface area (Å²) in [6.45, 7) is 7.92. The van der Waals surface area contributed by atoms with Crippen molar-refractivity contribution in [2.75, 3.05) is 16.3 Å². The molecule has 0 saturated heterocycles. The highest BCUT2D eigenvalue weighted by Crippen LogP contribution is 2.32. The molecule has 2 amide bonds. The highest BCUT2D eigenvalue weighted by atomic mass is 16.5. The Bertz CT molecular complexity index is 810. The molecular formula is C18H19N3O3. The number of hydrogen-bond donors (Lipinski definition) is 0. The topological polar surface area (TPSA) is 66.7 Å². The zero-order valence-electron chi connectivity index (χ0n) is 13.8. The van der Waals surface area contributed by atoms with Crippen LogP contribution >= 0.6 is 0 Å². The van der Waals surface area contributed by atoms with E-state index in [0.717, 1.165) is 23.4 Å². The van der Waals surface area contributed by atoms with Gasteiger partial charge in [-0.25, -0.2) is 0 Å². The van der Waals surface area contributed by atoms with E-state index in [0.29, 0.717) is 24.5 Å². The molecule has 2 heterocycles. The van der Waals surface area contributed by atoms with E-state index in [1.165, 1.54) is 6.08 Å². The molecule has 0 radical (unpaired) electrons. The van der Waals surface area contributed by atoms with Crippen LogP contribution < -0.4 is 9.80 Å². The number of benzene rings is 1. The lowest BCUT2D eigenvalue weighted by Gasteiger charge is -2.22. The van der Waals surface area contributed by atoms with E-state index in [2.05, 4.69) is 11.7 Å². The minimum absolute atomic E-state index is 0.0265. The predicted octanol–water partition coefficient (Wildman–Crippen LogP) is 2.61. The SMILES string of the molecule is C=CC(=O)N(Cc1cc(C)on1)c1ccc2c(c1)CCN2C(C)=O. The Morgan fingerprint density at radius 1 is 1.42 bits per heavy atom. The van der Waals surface area contributed by atoms with Gasteiger partial charge in [-0.1, -0.05) is 11.7 Å². The summed E-state index contributed by atoms with van der Waals surface area (Å²) in [6.07, 6.45) is 2.06. The molecule has 1 aliphatic heterocycles. The zero-order chi connectivity index (χ0) is 17.3. The highest BCUT2D eigenvalue weighted by Gasteiger charge is 2.24. The summed E-state index contributed by atoms with van der Waals surface area (Å²) in [5.74, 6) is 0.512. The van der Waals surface area contributed by atoms with Gasteiger partial charge in [0.1, 0.15) is 11.5 Å². The molecule has 6 nitrogen and oxygen atoms in total. The Hall–Kier alpha value is -2.89. The van der Waals surface area contributed by atoms with E-state index in [-0.39, 0.29) is 11.8 Å². The Balaban J connectivity index is 1.92. The molecule has 0 bridgehead atoms. The summed E-state index contributed by atoms with van der Waals surface area (Å²) in [5.41, 5.74) is 3.40. The van der Waals surface area contributed by atoms with Crippen molar-refractivity contribution in [2.45, 2.75) is 26.8 Å². The van der Waals surface area contributed by atoms with Crippen molar-refractivity contribution in [3.63, 3.8) is 0 Å². The molecule has 6 heteroatoms. The van der Waals surface area contributed by atoms with Crippen molar-refractivity contribution in [1.82, 2.24) is 5.16 Å². The number of anilines is 2. The van der Waals surface area contributed by atoms with Crippen LogP contribution in [-0.2, 0) is 22.6 Å². The highest BCUT2D eigenvalue weighted by molar-refractivity contribution is 6.01. The lowest BCUT2D eigenvalue weighted by Crippen LogP contribution is -2.29. The van der Waals surface area contributed by atoms with E-state index < -0.39 is 0 Å². The average molecular weight is 325 g/mol. The molecule has 124 valence electrons. The summed E-state index contributed by atoms with van der Waals surface area (Å²) < 4.78 is 5.07. The van der Waals surface area contributed by atoms with Gasteiger partial charge in [0.25, 0.3) is 5.91 Å². The molecule has 1 aliphatic rings. The molecule has 3 rings (SSSR count). The number of amides is 2. The van der Waals surface area contributed by atoms with Gasteiger partial charge in [0.2, 0.25) is 5.91 Å². The molecule has 0 fully saturated rings. The van der Waals surface area contributed by atoms with Gasteiger partial charge in [0.15, 0.2) is 0 Å². The van der Waals surface area contributed by atoms with Gasteiger partial charge < -0.3 is 14.3 Å². The number of carbonyl (C=O) groups excluding carboxylic acids is 2. The largest absolute Gasteiger partial charge is 0.361 e. The first-order chi connectivity index (χ1) is 11.5. The van der Waals surface area contributed by atoms with Crippen LogP contribution in [0.25, 0.3) is 0 Å². The summed E-state index contributed by atoms with van der Waals surface area (Å²) >= 11 is 0. The van der Waals surface area contributed by atoms with E-state index in [1.807, 2.05) is 25.1 Å². The van der Waals surface area contributed by atoms with Crippen molar-refractivity contribution < 1.29 is 14.1 Å². The van der Waals surface area contributed by atoms with Crippen LogP contribution in [0.5, 0.6) is 0 Å². The summed E-state index contributed by atoms with van der Waals surface area (Å²) in [6, 6.07) is 7.48.